The molecule has 1 N–H and O–H groups in total. The molecule has 0 saturated heterocycles. The number of aromatic nitrogens is 3. The highest BCUT2D eigenvalue weighted by atomic mass is 16.3. The molecule has 2 heterocycles. The second kappa shape index (κ2) is 5.78. The lowest BCUT2D eigenvalue weighted by Gasteiger charge is -2.16. The fourth-order valence-corrected chi connectivity index (χ4v) is 2.13. The van der Waals surface area contributed by atoms with Crippen molar-refractivity contribution in [3.8, 4) is 0 Å². The Morgan fingerprint density at radius 1 is 1.28 bits per heavy atom. The normalized spacial score (nSPS) is 12.6. The topological polar surface area (TPSA) is 50.9 Å². The first-order valence-electron chi connectivity index (χ1n) is 6.40. The van der Waals surface area contributed by atoms with Crippen molar-refractivity contribution in [2.75, 3.05) is 0 Å². The Bertz CT molecular complexity index is 507. The lowest BCUT2D eigenvalue weighted by molar-refractivity contribution is 0.206. The Morgan fingerprint density at radius 2 is 2.11 bits per heavy atom. The van der Waals surface area contributed by atoms with Gasteiger partial charge >= 0.3 is 0 Å². The summed E-state index contributed by atoms with van der Waals surface area (Å²) in [6.07, 6.45) is 6.51. The van der Waals surface area contributed by atoms with Crippen molar-refractivity contribution in [3.05, 3.63) is 47.5 Å². The van der Waals surface area contributed by atoms with Crippen LogP contribution in [0.4, 0.5) is 0 Å². The fourth-order valence-electron chi connectivity index (χ4n) is 2.13. The van der Waals surface area contributed by atoms with Crippen LogP contribution < -0.4 is 0 Å². The minimum Gasteiger partial charge on any atom is -0.382 e. The van der Waals surface area contributed by atoms with Crippen molar-refractivity contribution in [1.82, 2.24) is 14.8 Å². The summed E-state index contributed by atoms with van der Waals surface area (Å²) in [6, 6.07) is 3.76. The van der Waals surface area contributed by atoms with E-state index in [4.69, 9.17) is 0 Å². The van der Waals surface area contributed by atoms with Gasteiger partial charge in [0.2, 0.25) is 0 Å². The molecule has 0 spiro atoms. The van der Waals surface area contributed by atoms with Crippen LogP contribution in [-0.4, -0.2) is 19.9 Å². The van der Waals surface area contributed by atoms with Gasteiger partial charge in [-0.25, -0.2) is 0 Å². The smallest absolute Gasteiger partial charge is 0.121 e. The Labute approximate surface area is 107 Å². The second-order valence-corrected chi connectivity index (χ2v) is 4.31. The molecule has 0 fully saturated rings. The number of pyridine rings is 1. The van der Waals surface area contributed by atoms with E-state index in [9.17, 15) is 5.11 Å². The predicted octanol–water partition coefficient (Wildman–Crippen LogP) is 2.33. The van der Waals surface area contributed by atoms with E-state index >= 15 is 0 Å². The maximum Gasteiger partial charge on any atom is 0.121 e. The molecule has 0 aromatic carbocycles. The third-order valence-electron chi connectivity index (χ3n) is 3.08. The van der Waals surface area contributed by atoms with Gasteiger partial charge in [-0.15, -0.1) is 0 Å². The van der Waals surface area contributed by atoms with Gasteiger partial charge in [0.25, 0.3) is 0 Å². The van der Waals surface area contributed by atoms with Gasteiger partial charge in [0.15, 0.2) is 0 Å². The zero-order valence-corrected chi connectivity index (χ0v) is 10.9. The molecule has 1 atom stereocenters. The maximum absolute atomic E-state index is 10.5. The first-order chi connectivity index (χ1) is 8.77. The standard InChI is InChI=1S/C14H19N3O/c1-3-9-17-13(6-8-16-17)14(18)12-5-7-15-10-11(12)4-2/h5-8,10,14,18H,3-4,9H2,1-2H3. The highest BCUT2D eigenvalue weighted by Gasteiger charge is 2.17. The average molecular weight is 245 g/mol. The molecule has 2 aromatic rings. The molecule has 96 valence electrons. The van der Waals surface area contributed by atoms with Crippen LogP contribution in [0, 0.1) is 0 Å². The van der Waals surface area contributed by atoms with E-state index in [0.717, 1.165) is 36.2 Å². The molecule has 1 unspecified atom stereocenters. The third-order valence-corrected chi connectivity index (χ3v) is 3.08. The largest absolute Gasteiger partial charge is 0.382 e. The molecule has 0 radical (unpaired) electrons. The molecule has 0 aliphatic carbocycles. The van der Waals surface area contributed by atoms with Crippen molar-refractivity contribution < 1.29 is 5.11 Å². The van der Waals surface area contributed by atoms with Gasteiger partial charge in [-0.2, -0.15) is 5.10 Å². The minimum atomic E-state index is -0.628. The Kier molecular flexibility index (Phi) is 4.10. The summed E-state index contributed by atoms with van der Waals surface area (Å²) < 4.78 is 1.87. The van der Waals surface area contributed by atoms with Crippen LogP contribution in [0.5, 0.6) is 0 Å². The van der Waals surface area contributed by atoms with Crippen molar-refractivity contribution in [1.29, 1.82) is 0 Å². The average Bonchev–Trinajstić information content (AvgIpc) is 2.86. The zero-order chi connectivity index (χ0) is 13.0. The highest BCUT2D eigenvalue weighted by molar-refractivity contribution is 5.31. The molecule has 0 aliphatic rings. The molecule has 0 aliphatic heterocycles. The summed E-state index contributed by atoms with van der Waals surface area (Å²) in [5.74, 6) is 0. The number of hydrogen-bond donors (Lipinski definition) is 1. The van der Waals surface area contributed by atoms with Crippen LogP contribution in [0.3, 0.4) is 0 Å². The Balaban J connectivity index is 2.35. The number of rotatable bonds is 5. The molecule has 0 bridgehead atoms. The quantitative estimate of drug-likeness (QED) is 0.879. The van der Waals surface area contributed by atoms with E-state index < -0.39 is 6.10 Å². The van der Waals surface area contributed by atoms with Gasteiger partial charge in [-0.3, -0.25) is 9.67 Å². The van der Waals surface area contributed by atoms with Crippen molar-refractivity contribution in [3.63, 3.8) is 0 Å². The van der Waals surface area contributed by atoms with E-state index in [1.807, 2.05) is 23.0 Å². The van der Waals surface area contributed by atoms with Gasteiger partial charge in [0, 0.05) is 25.1 Å². The van der Waals surface area contributed by atoms with Crippen molar-refractivity contribution >= 4 is 0 Å². The minimum absolute atomic E-state index is 0.628. The molecule has 0 amide bonds. The van der Waals surface area contributed by atoms with Crippen LogP contribution >= 0.6 is 0 Å². The van der Waals surface area contributed by atoms with E-state index in [-0.39, 0.29) is 0 Å². The zero-order valence-electron chi connectivity index (χ0n) is 10.9. The van der Waals surface area contributed by atoms with Gasteiger partial charge < -0.3 is 5.11 Å². The van der Waals surface area contributed by atoms with Gasteiger partial charge in [-0.05, 0) is 36.1 Å². The van der Waals surface area contributed by atoms with E-state index in [0.29, 0.717) is 0 Å². The molecule has 2 aromatic heterocycles. The first kappa shape index (κ1) is 12.8. The monoisotopic (exact) mass is 245 g/mol. The van der Waals surface area contributed by atoms with Crippen LogP contribution in [-0.2, 0) is 13.0 Å². The number of hydrogen-bond acceptors (Lipinski definition) is 3. The van der Waals surface area contributed by atoms with Crippen LogP contribution in [0.1, 0.15) is 43.2 Å². The lowest BCUT2D eigenvalue weighted by Crippen LogP contribution is -2.11. The number of aliphatic hydroxyl groups excluding tert-OH is 1. The van der Waals surface area contributed by atoms with Gasteiger partial charge in [0.1, 0.15) is 6.10 Å². The summed E-state index contributed by atoms with van der Waals surface area (Å²) >= 11 is 0. The van der Waals surface area contributed by atoms with Crippen molar-refractivity contribution in [2.45, 2.75) is 39.3 Å². The molecule has 2 rings (SSSR count). The van der Waals surface area contributed by atoms with E-state index in [1.54, 1.807) is 12.4 Å². The SMILES string of the molecule is CCCn1nccc1C(O)c1ccncc1CC. The summed E-state index contributed by atoms with van der Waals surface area (Å²) in [6.45, 7) is 4.99. The second-order valence-electron chi connectivity index (χ2n) is 4.31. The molecular weight excluding hydrogens is 226 g/mol. The molecule has 18 heavy (non-hydrogen) atoms. The first-order valence-corrected chi connectivity index (χ1v) is 6.40. The van der Waals surface area contributed by atoms with Crippen LogP contribution in [0.2, 0.25) is 0 Å². The Hall–Kier alpha value is -1.68. The third kappa shape index (κ3) is 2.43. The summed E-state index contributed by atoms with van der Waals surface area (Å²) in [5.41, 5.74) is 2.84. The molecule has 0 saturated carbocycles. The van der Waals surface area contributed by atoms with E-state index in [2.05, 4.69) is 23.9 Å². The number of nitrogens with zero attached hydrogens (tertiary/aromatic N) is 3. The Morgan fingerprint density at radius 3 is 2.83 bits per heavy atom. The summed E-state index contributed by atoms with van der Waals surface area (Å²) in [7, 11) is 0. The summed E-state index contributed by atoms with van der Waals surface area (Å²) in [4.78, 5) is 4.11. The highest BCUT2D eigenvalue weighted by Crippen LogP contribution is 2.24. The van der Waals surface area contributed by atoms with Gasteiger partial charge in [0.05, 0.1) is 5.69 Å². The maximum atomic E-state index is 10.5. The predicted molar refractivity (Wildman–Crippen MR) is 70.2 cm³/mol. The van der Waals surface area contributed by atoms with E-state index in [1.165, 1.54) is 0 Å². The molecule has 4 heteroatoms. The van der Waals surface area contributed by atoms with Crippen molar-refractivity contribution in [2.24, 2.45) is 0 Å². The molecular formula is C14H19N3O. The number of aliphatic hydroxyl groups is 1. The fraction of sp³-hybridized carbons (Fsp3) is 0.429. The van der Waals surface area contributed by atoms with Crippen LogP contribution in [0.15, 0.2) is 30.7 Å². The summed E-state index contributed by atoms with van der Waals surface area (Å²) in [5, 5.41) is 14.8. The van der Waals surface area contributed by atoms with Crippen LogP contribution in [0.25, 0.3) is 0 Å². The molecule has 4 nitrogen and oxygen atoms in total. The lowest BCUT2D eigenvalue weighted by atomic mass is 10.0. The van der Waals surface area contributed by atoms with Gasteiger partial charge in [-0.1, -0.05) is 13.8 Å². The number of aryl methyl sites for hydroxylation is 2.